The van der Waals surface area contributed by atoms with Gasteiger partial charge in [-0.25, -0.2) is 4.98 Å². The van der Waals surface area contributed by atoms with Crippen molar-refractivity contribution in [3.63, 3.8) is 0 Å². The van der Waals surface area contributed by atoms with Gasteiger partial charge in [0.05, 0.1) is 22.8 Å². The minimum Gasteiger partial charge on any atom is -0.508 e. The van der Waals surface area contributed by atoms with Gasteiger partial charge in [0.1, 0.15) is 17.3 Å². The third kappa shape index (κ3) is 2.44. The van der Waals surface area contributed by atoms with E-state index in [-0.39, 0.29) is 11.5 Å². The van der Waals surface area contributed by atoms with Crippen molar-refractivity contribution in [2.45, 2.75) is 6.92 Å². The van der Waals surface area contributed by atoms with Crippen LogP contribution in [0, 0.1) is 6.92 Å². The van der Waals surface area contributed by atoms with Gasteiger partial charge < -0.3 is 15.9 Å². The van der Waals surface area contributed by atoms with E-state index in [1.54, 1.807) is 25.4 Å². The fraction of sp³-hybridized carbons (Fsp3) is 0.0526. The number of nitrogens with zero attached hydrogens (tertiary/aromatic N) is 3. The van der Waals surface area contributed by atoms with Crippen molar-refractivity contribution in [3.8, 4) is 28.6 Å². The van der Waals surface area contributed by atoms with Gasteiger partial charge in [0.25, 0.3) is 0 Å². The molecule has 2 aromatic heterocycles. The normalized spacial score (nSPS) is 11.1. The molecule has 0 spiro atoms. The summed E-state index contributed by atoms with van der Waals surface area (Å²) >= 11 is 0. The Bertz CT molecular complexity index is 1100. The molecule has 25 heavy (non-hydrogen) atoms. The molecule has 0 saturated heterocycles. The zero-order valence-corrected chi connectivity index (χ0v) is 13.5. The molecule has 0 saturated carbocycles. The molecule has 2 heterocycles. The lowest BCUT2D eigenvalue weighted by Gasteiger charge is -2.12. The lowest BCUT2D eigenvalue weighted by molar-refractivity contribution is 0.449. The molecule has 6 heteroatoms. The van der Waals surface area contributed by atoms with Crippen LogP contribution in [0.25, 0.3) is 28.1 Å². The Hall–Kier alpha value is -3.54. The molecular weight excluding hydrogens is 316 g/mol. The van der Waals surface area contributed by atoms with Crippen LogP contribution in [-0.2, 0) is 0 Å². The molecule has 2 aromatic carbocycles. The smallest absolute Gasteiger partial charge is 0.149 e. The van der Waals surface area contributed by atoms with Gasteiger partial charge in [-0.3, -0.25) is 9.55 Å². The van der Waals surface area contributed by atoms with Gasteiger partial charge in [-0.2, -0.15) is 0 Å². The number of anilines is 1. The molecule has 4 aromatic rings. The molecule has 6 nitrogen and oxygen atoms in total. The highest BCUT2D eigenvalue weighted by Gasteiger charge is 2.18. The molecule has 0 unspecified atom stereocenters. The second-order valence-corrected chi connectivity index (χ2v) is 5.89. The quantitative estimate of drug-likeness (QED) is 0.489. The molecule has 124 valence electrons. The number of benzene rings is 2. The number of nitrogen functional groups attached to an aromatic ring is 1. The first-order chi connectivity index (χ1) is 12.0. The zero-order chi connectivity index (χ0) is 17.6. The topological polar surface area (TPSA) is 97.2 Å². The van der Waals surface area contributed by atoms with Crippen molar-refractivity contribution in [2.24, 2.45) is 0 Å². The van der Waals surface area contributed by atoms with Gasteiger partial charge >= 0.3 is 0 Å². The summed E-state index contributed by atoms with van der Waals surface area (Å²) in [5.41, 5.74) is 10.1. The second-order valence-electron chi connectivity index (χ2n) is 5.89. The van der Waals surface area contributed by atoms with Crippen molar-refractivity contribution in [2.75, 3.05) is 5.73 Å². The van der Waals surface area contributed by atoms with Crippen LogP contribution in [0.5, 0.6) is 11.5 Å². The van der Waals surface area contributed by atoms with Crippen LogP contribution in [0.2, 0.25) is 0 Å². The number of phenols is 2. The Morgan fingerprint density at radius 3 is 2.68 bits per heavy atom. The Morgan fingerprint density at radius 1 is 1.04 bits per heavy atom. The van der Waals surface area contributed by atoms with Crippen molar-refractivity contribution in [1.82, 2.24) is 14.5 Å². The Morgan fingerprint density at radius 2 is 1.88 bits per heavy atom. The number of aryl methyl sites for hydroxylation is 1. The van der Waals surface area contributed by atoms with E-state index in [1.807, 2.05) is 34.9 Å². The highest BCUT2D eigenvalue weighted by Crippen LogP contribution is 2.37. The van der Waals surface area contributed by atoms with Crippen LogP contribution in [0.15, 0.2) is 54.9 Å². The van der Waals surface area contributed by atoms with E-state index in [9.17, 15) is 10.2 Å². The van der Waals surface area contributed by atoms with Crippen LogP contribution in [0.1, 0.15) is 5.56 Å². The number of imidazole rings is 1. The third-order valence-electron chi connectivity index (χ3n) is 4.14. The summed E-state index contributed by atoms with van der Waals surface area (Å²) in [6.07, 6.45) is 3.39. The lowest BCUT2D eigenvalue weighted by Crippen LogP contribution is -1.99. The van der Waals surface area contributed by atoms with Crippen molar-refractivity contribution >= 4 is 16.7 Å². The number of fused-ring (bicyclic) bond motifs is 1. The van der Waals surface area contributed by atoms with Crippen LogP contribution < -0.4 is 5.73 Å². The number of phenolic OH excluding ortho intramolecular Hbond substituents is 2. The average Bonchev–Trinajstić information content (AvgIpc) is 2.97. The number of hydrogen-bond donors (Lipinski definition) is 3. The molecule has 0 amide bonds. The molecular formula is C19H16N4O2. The summed E-state index contributed by atoms with van der Waals surface area (Å²) in [5.74, 6) is 0.542. The minimum absolute atomic E-state index is 0.0366. The van der Waals surface area contributed by atoms with Crippen LogP contribution in [0.4, 0.5) is 5.69 Å². The largest absolute Gasteiger partial charge is 0.508 e. The standard InChI is InChI=1S/C19H16N4O2/c1-11-7-14(18(25)9-17(11)24)19-22-15-5-6-21-10-16(15)23(19)13-4-2-3-12(20)8-13/h2-10,24-25H,20H2,1H3. The SMILES string of the molecule is Cc1cc(-c2nc3ccncc3n2-c2cccc(N)c2)c(O)cc1O. The van der Waals surface area contributed by atoms with E-state index in [4.69, 9.17) is 5.73 Å². The lowest BCUT2D eigenvalue weighted by atomic mass is 10.1. The molecule has 0 atom stereocenters. The summed E-state index contributed by atoms with van der Waals surface area (Å²) in [6, 6.07) is 12.3. The van der Waals surface area contributed by atoms with Crippen molar-refractivity contribution in [3.05, 3.63) is 60.4 Å². The van der Waals surface area contributed by atoms with Gasteiger partial charge in [0.15, 0.2) is 0 Å². The molecule has 4 rings (SSSR count). The Balaban J connectivity index is 2.08. The molecule has 0 fully saturated rings. The highest BCUT2D eigenvalue weighted by atomic mass is 16.3. The number of nitrogens with two attached hydrogens (primary N) is 1. The van der Waals surface area contributed by atoms with Crippen molar-refractivity contribution < 1.29 is 10.2 Å². The van der Waals surface area contributed by atoms with Gasteiger partial charge in [-0.05, 0) is 42.8 Å². The first kappa shape index (κ1) is 15.0. The maximum absolute atomic E-state index is 10.4. The maximum Gasteiger partial charge on any atom is 0.149 e. The predicted octanol–water partition coefficient (Wildman–Crippen LogP) is 3.39. The monoisotopic (exact) mass is 332 g/mol. The van der Waals surface area contributed by atoms with Gasteiger partial charge in [-0.15, -0.1) is 0 Å². The highest BCUT2D eigenvalue weighted by molar-refractivity contribution is 5.84. The van der Waals surface area contributed by atoms with E-state index in [1.165, 1.54) is 6.07 Å². The van der Waals surface area contributed by atoms with E-state index in [0.717, 1.165) is 16.7 Å². The van der Waals surface area contributed by atoms with E-state index >= 15 is 0 Å². The van der Waals surface area contributed by atoms with Gasteiger partial charge in [0, 0.05) is 23.6 Å². The van der Waals surface area contributed by atoms with E-state index in [0.29, 0.717) is 22.6 Å². The minimum atomic E-state index is -0.0449. The number of aromatic hydroxyl groups is 2. The summed E-state index contributed by atoms with van der Waals surface area (Å²) in [4.78, 5) is 8.85. The summed E-state index contributed by atoms with van der Waals surface area (Å²) in [7, 11) is 0. The number of hydrogen-bond acceptors (Lipinski definition) is 5. The average molecular weight is 332 g/mol. The Labute approximate surface area is 143 Å². The van der Waals surface area contributed by atoms with Crippen molar-refractivity contribution in [1.29, 1.82) is 0 Å². The fourth-order valence-corrected chi connectivity index (χ4v) is 2.89. The predicted molar refractivity (Wildman–Crippen MR) is 96.8 cm³/mol. The molecule has 0 aliphatic rings. The molecule has 0 aliphatic carbocycles. The first-order valence-corrected chi connectivity index (χ1v) is 7.76. The van der Waals surface area contributed by atoms with E-state index < -0.39 is 0 Å². The fourth-order valence-electron chi connectivity index (χ4n) is 2.89. The summed E-state index contributed by atoms with van der Waals surface area (Å²) < 4.78 is 1.89. The van der Waals surface area contributed by atoms with Crippen LogP contribution in [-0.4, -0.2) is 24.7 Å². The molecule has 0 bridgehead atoms. The number of rotatable bonds is 2. The van der Waals surface area contributed by atoms with Crippen LogP contribution >= 0.6 is 0 Å². The Kier molecular flexibility index (Phi) is 3.32. The maximum atomic E-state index is 10.4. The number of pyridine rings is 1. The number of aromatic nitrogens is 3. The van der Waals surface area contributed by atoms with Gasteiger partial charge in [0.2, 0.25) is 0 Å². The molecule has 0 aliphatic heterocycles. The second kappa shape index (κ2) is 5.52. The summed E-state index contributed by atoms with van der Waals surface area (Å²) in [5, 5.41) is 20.2. The van der Waals surface area contributed by atoms with Crippen LogP contribution in [0.3, 0.4) is 0 Å². The summed E-state index contributed by atoms with van der Waals surface area (Å²) in [6.45, 7) is 1.77. The third-order valence-corrected chi connectivity index (χ3v) is 4.14. The molecule has 4 N–H and O–H groups in total. The zero-order valence-electron chi connectivity index (χ0n) is 13.5. The first-order valence-electron chi connectivity index (χ1n) is 7.76. The molecule has 0 radical (unpaired) electrons. The van der Waals surface area contributed by atoms with Gasteiger partial charge in [-0.1, -0.05) is 6.07 Å². The van der Waals surface area contributed by atoms with E-state index in [2.05, 4.69) is 9.97 Å².